The molecule has 1 aromatic heterocycles. The maximum atomic E-state index is 5.96. The first-order valence-electron chi connectivity index (χ1n) is 9.50. The van der Waals surface area contributed by atoms with E-state index in [1.165, 1.54) is 30.5 Å². The molecule has 0 atom stereocenters. The molecule has 150 valence electrons. The lowest BCUT2D eigenvalue weighted by Crippen LogP contribution is -2.42. The summed E-state index contributed by atoms with van der Waals surface area (Å²) in [5, 5.41) is 7.96. The van der Waals surface area contributed by atoms with Gasteiger partial charge in [-0.25, -0.2) is 0 Å². The zero-order chi connectivity index (χ0) is 18.4. The number of hydrogen-bond donors (Lipinski definition) is 2. The van der Waals surface area contributed by atoms with Gasteiger partial charge < -0.3 is 24.9 Å². The summed E-state index contributed by atoms with van der Waals surface area (Å²) in [4.78, 5) is 9.25. The van der Waals surface area contributed by atoms with Crippen molar-refractivity contribution in [2.45, 2.75) is 19.9 Å². The zero-order valence-electron chi connectivity index (χ0n) is 16.6. The standard InChI is InChI=1S/C20H31N5O.HI/c1-16-17-7-4-5-8-18(17)26-19(16)15-23-20(21-2)22-9-12-25-11-6-10-24(3)13-14-25;/h4-5,7-8H,6,9-15H2,1-3H3,(H2,21,22,23);1H. The normalized spacial score (nSPS) is 16.8. The van der Waals surface area contributed by atoms with E-state index in [1.807, 2.05) is 25.2 Å². The highest BCUT2D eigenvalue weighted by Gasteiger charge is 2.12. The number of likely N-dealkylation sites (N-methyl/N-ethyl adjacent to an activating group) is 1. The molecule has 2 heterocycles. The number of aryl methyl sites for hydroxylation is 1. The number of furan rings is 1. The van der Waals surface area contributed by atoms with Crippen molar-refractivity contribution in [2.75, 3.05) is 53.4 Å². The molecule has 0 spiro atoms. The molecule has 0 aliphatic carbocycles. The first-order valence-corrected chi connectivity index (χ1v) is 9.50. The maximum Gasteiger partial charge on any atom is 0.191 e. The van der Waals surface area contributed by atoms with Crippen LogP contribution >= 0.6 is 24.0 Å². The van der Waals surface area contributed by atoms with Crippen LogP contribution < -0.4 is 10.6 Å². The fourth-order valence-corrected chi connectivity index (χ4v) is 3.43. The highest BCUT2D eigenvalue weighted by Crippen LogP contribution is 2.24. The van der Waals surface area contributed by atoms with Gasteiger partial charge in [-0.3, -0.25) is 4.99 Å². The summed E-state index contributed by atoms with van der Waals surface area (Å²) in [6, 6.07) is 8.16. The first-order chi connectivity index (χ1) is 12.7. The molecule has 0 amide bonds. The molecule has 3 rings (SSSR count). The third-order valence-electron chi connectivity index (χ3n) is 5.12. The lowest BCUT2D eigenvalue weighted by molar-refractivity contribution is 0.280. The van der Waals surface area contributed by atoms with E-state index in [0.29, 0.717) is 6.54 Å². The average molecular weight is 485 g/mol. The van der Waals surface area contributed by atoms with Gasteiger partial charge in [0.1, 0.15) is 11.3 Å². The van der Waals surface area contributed by atoms with Gasteiger partial charge in [0.25, 0.3) is 0 Å². The number of hydrogen-bond acceptors (Lipinski definition) is 4. The summed E-state index contributed by atoms with van der Waals surface area (Å²) in [7, 11) is 4.01. The predicted molar refractivity (Wildman–Crippen MR) is 123 cm³/mol. The van der Waals surface area contributed by atoms with E-state index in [4.69, 9.17) is 4.42 Å². The van der Waals surface area contributed by atoms with Gasteiger partial charge >= 0.3 is 0 Å². The monoisotopic (exact) mass is 485 g/mol. The SMILES string of the molecule is CN=C(NCCN1CCCN(C)CC1)NCc1oc2ccccc2c1C.I. The Morgan fingerprint density at radius 2 is 1.96 bits per heavy atom. The van der Waals surface area contributed by atoms with Crippen LogP contribution in [-0.4, -0.2) is 69.1 Å². The minimum atomic E-state index is 0. The molecule has 1 fully saturated rings. The molecular formula is C20H32IN5O. The number of benzene rings is 1. The summed E-state index contributed by atoms with van der Waals surface area (Å²) >= 11 is 0. The second-order valence-corrected chi connectivity index (χ2v) is 7.00. The van der Waals surface area contributed by atoms with Crippen LogP contribution in [0, 0.1) is 6.92 Å². The topological polar surface area (TPSA) is 56.0 Å². The third-order valence-corrected chi connectivity index (χ3v) is 5.12. The van der Waals surface area contributed by atoms with Gasteiger partial charge in [-0.05, 0) is 39.5 Å². The van der Waals surface area contributed by atoms with Crippen molar-refractivity contribution in [1.82, 2.24) is 20.4 Å². The molecule has 27 heavy (non-hydrogen) atoms. The number of fused-ring (bicyclic) bond motifs is 1. The Labute approximate surface area is 179 Å². The number of rotatable bonds is 5. The molecule has 6 nitrogen and oxygen atoms in total. The van der Waals surface area contributed by atoms with Crippen LogP contribution in [0.25, 0.3) is 11.0 Å². The highest BCUT2D eigenvalue weighted by atomic mass is 127. The van der Waals surface area contributed by atoms with Gasteiger partial charge in [0.15, 0.2) is 5.96 Å². The van der Waals surface area contributed by atoms with Crippen molar-refractivity contribution >= 4 is 40.9 Å². The molecular weight excluding hydrogens is 453 g/mol. The Hall–Kier alpha value is -1.32. The van der Waals surface area contributed by atoms with Gasteiger partial charge in [-0.1, -0.05) is 18.2 Å². The number of halogens is 1. The van der Waals surface area contributed by atoms with E-state index in [2.05, 4.69) is 45.5 Å². The van der Waals surface area contributed by atoms with Crippen molar-refractivity contribution in [1.29, 1.82) is 0 Å². The largest absolute Gasteiger partial charge is 0.459 e. The first kappa shape index (κ1) is 22.0. The summed E-state index contributed by atoms with van der Waals surface area (Å²) in [6.45, 7) is 9.34. The lowest BCUT2D eigenvalue weighted by Gasteiger charge is -2.21. The van der Waals surface area contributed by atoms with E-state index in [9.17, 15) is 0 Å². The molecule has 1 aromatic carbocycles. The fraction of sp³-hybridized carbons (Fsp3) is 0.550. The van der Waals surface area contributed by atoms with Crippen molar-refractivity contribution < 1.29 is 4.42 Å². The molecule has 0 radical (unpaired) electrons. The molecule has 0 saturated carbocycles. The quantitative estimate of drug-likeness (QED) is 0.388. The maximum absolute atomic E-state index is 5.96. The molecule has 0 unspecified atom stereocenters. The fourth-order valence-electron chi connectivity index (χ4n) is 3.43. The van der Waals surface area contributed by atoms with Crippen molar-refractivity contribution in [3.63, 3.8) is 0 Å². The van der Waals surface area contributed by atoms with Crippen molar-refractivity contribution in [3.8, 4) is 0 Å². The van der Waals surface area contributed by atoms with E-state index < -0.39 is 0 Å². The Kier molecular flexibility index (Phi) is 8.85. The minimum absolute atomic E-state index is 0. The third kappa shape index (κ3) is 6.08. The number of aliphatic imine (C=N–C) groups is 1. The van der Waals surface area contributed by atoms with Gasteiger partial charge in [0.2, 0.25) is 0 Å². The Bertz CT molecular complexity index is 745. The van der Waals surface area contributed by atoms with Crippen molar-refractivity contribution in [2.24, 2.45) is 4.99 Å². The highest BCUT2D eigenvalue weighted by molar-refractivity contribution is 14.0. The molecule has 7 heteroatoms. The van der Waals surface area contributed by atoms with E-state index in [1.54, 1.807) is 0 Å². The minimum Gasteiger partial charge on any atom is -0.459 e. The van der Waals surface area contributed by atoms with Gasteiger partial charge in [0, 0.05) is 44.2 Å². The summed E-state index contributed by atoms with van der Waals surface area (Å²) < 4.78 is 5.96. The second kappa shape index (κ2) is 10.9. The van der Waals surface area contributed by atoms with E-state index >= 15 is 0 Å². The molecule has 2 N–H and O–H groups in total. The molecule has 1 saturated heterocycles. The molecule has 0 bridgehead atoms. The lowest BCUT2D eigenvalue weighted by atomic mass is 10.1. The van der Waals surface area contributed by atoms with E-state index in [-0.39, 0.29) is 24.0 Å². The average Bonchev–Trinajstić information content (AvgIpc) is 2.82. The van der Waals surface area contributed by atoms with Crippen LogP contribution in [0.15, 0.2) is 33.7 Å². The molecule has 2 aromatic rings. The number of guanidine groups is 1. The van der Waals surface area contributed by atoms with Gasteiger partial charge in [-0.2, -0.15) is 0 Å². The number of para-hydroxylation sites is 1. The zero-order valence-corrected chi connectivity index (χ0v) is 19.0. The van der Waals surface area contributed by atoms with Crippen molar-refractivity contribution in [3.05, 3.63) is 35.6 Å². The van der Waals surface area contributed by atoms with Gasteiger partial charge in [-0.15, -0.1) is 24.0 Å². The Morgan fingerprint density at radius 1 is 1.15 bits per heavy atom. The van der Waals surface area contributed by atoms with Crippen LogP contribution in [0.4, 0.5) is 0 Å². The van der Waals surface area contributed by atoms with Crippen LogP contribution in [0.1, 0.15) is 17.7 Å². The summed E-state index contributed by atoms with van der Waals surface area (Å²) in [5.74, 6) is 1.78. The second-order valence-electron chi connectivity index (χ2n) is 7.00. The Morgan fingerprint density at radius 3 is 2.74 bits per heavy atom. The van der Waals surface area contributed by atoms with Crippen LogP contribution in [-0.2, 0) is 6.54 Å². The smallest absolute Gasteiger partial charge is 0.191 e. The number of nitrogens with one attached hydrogen (secondary N) is 2. The summed E-state index contributed by atoms with van der Waals surface area (Å²) in [5.41, 5.74) is 2.13. The molecule has 1 aliphatic heterocycles. The van der Waals surface area contributed by atoms with Gasteiger partial charge in [0.05, 0.1) is 6.54 Å². The number of nitrogens with zero attached hydrogens (tertiary/aromatic N) is 3. The van der Waals surface area contributed by atoms with Crippen LogP contribution in [0.3, 0.4) is 0 Å². The van der Waals surface area contributed by atoms with Crippen LogP contribution in [0.5, 0.6) is 0 Å². The molecule has 1 aliphatic rings. The van der Waals surface area contributed by atoms with Crippen LogP contribution in [0.2, 0.25) is 0 Å². The van der Waals surface area contributed by atoms with E-state index in [0.717, 1.165) is 43.5 Å². The predicted octanol–water partition coefficient (Wildman–Crippen LogP) is 2.66. The summed E-state index contributed by atoms with van der Waals surface area (Å²) in [6.07, 6.45) is 1.24. The Balaban J connectivity index is 0.00000261.